The van der Waals surface area contributed by atoms with E-state index in [1.807, 2.05) is 0 Å². The van der Waals surface area contributed by atoms with Crippen molar-refractivity contribution in [2.24, 2.45) is 17.1 Å². The largest absolute Gasteiger partial charge is 0.327 e. The first-order valence-electron chi connectivity index (χ1n) is 8.44. The second kappa shape index (κ2) is 6.58. The van der Waals surface area contributed by atoms with Crippen LogP contribution in [0, 0.1) is 11.3 Å². The van der Waals surface area contributed by atoms with E-state index < -0.39 is 0 Å². The van der Waals surface area contributed by atoms with Gasteiger partial charge in [-0.2, -0.15) is 0 Å². The molecule has 112 valence electrons. The molecule has 2 unspecified atom stereocenters. The van der Waals surface area contributed by atoms with Gasteiger partial charge in [-0.25, -0.2) is 0 Å². The lowest BCUT2D eigenvalue weighted by atomic mass is 9.70. The molecule has 0 saturated heterocycles. The fourth-order valence-corrected chi connectivity index (χ4v) is 4.17. The van der Waals surface area contributed by atoms with Crippen LogP contribution in [0.5, 0.6) is 0 Å². The van der Waals surface area contributed by atoms with E-state index in [4.69, 9.17) is 5.73 Å². The van der Waals surface area contributed by atoms with Gasteiger partial charge in [-0.15, -0.1) is 0 Å². The summed E-state index contributed by atoms with van der Waals surface area (Å²) >= 11 is 0. The standard InChI is InChI=1S/C17H34N2/c1-17(2)11-10-16(18)14(12-17)13-19(3)15-8-6-4-5-7-9-15/h14-16H,4-13,18H2,1-3H3. The molecule has 2 atom stereocenters. The first-order valence-corrected chi connectivity index (χ1v) is 8.44. The number of nitrogens with zero attached hydrogens (tertiary/aromatic N) is 1. The zero-order valence-electron chi connectivity index (χ0n) is 13.3. The van der Waals surface area contributed by atoms with Crippen molar-refractivity contribution in [3.63, 3.8) is 0 Å². The monoisotopic (exact) mass is 266 g/mol. The summed E-state index contributed by atoms with van der Waals surface area (Å²) in [5, 5.41) is 0. The van der Waals surface area contributed by atoms with Gasteiger partial charge in [-0.1, -0.05) is 39.5 Å². The molecule has 2 rings (SSSR count). The Morgan fingerprint density at radius 1 is 1.05 bits per heavy atom. The van der Waals surface area contributed by atoms with Crippen molar-refractivity contribution < 1.29 is 0 Å². The third-order valence-corrected chi connectivity index (χ3v) is 5.55. The molecular weight excluding hydrogens is 232 g/mol. The summed E-state index contributed by atoms with van der Waals surface area (Å²) in [7, 11) is 2.34. The van der Waals surface area contributed by atoms with Crippen LogP contribution in [0.2, 0.25) is 0 Å². The maximum Gasteiger partial charge on any atom is 0.00923 e. The molecule has 2 saturated carbocycles. The molecule has 0 aromatic rings. The van der Waals surface area contributed by atoms with Crippen LogP contribution in [-0.2, 0) is 0 Å². The Hall–Kier alpha value is -0.0800. The van der Waals surface area contributed by atoms with Gasteiger partial charge in [-0.3, -0.25) is 0 Å². The van der Waals surface area contributed by atoms with Crippen molar-refractivity contribution in [1.29, 1.82) is 0 Å². The summed E-state index contributed by atoms with van der Waals surface area (Å²) in [4.78, 5) is 2.64. The lowest BCUT2D eigenvalue weighted by Crippen LogP contribution is -2.46. The Morgan fingerprint density at radius 3 is 2.32 bits per heavy atom. The normalized spacial score (nSPS) is 33.3. The summed E-state index contributed by atoms with van der Waals surface area (Å²) in [6.07, 6.45) is 12.4. The molecule has 0 radical (unpaired) electrons. The van der Waals surface area contributed by atoms with Crippen LogP contribution in [0.15, 0.2) is 0 Å². The Bertz CT molecular complexity index is 266. The Kier molecular flexibility index (Phi) is 5.30. The number of nitrogens with two attached hydrogens (primary N) is 1. The molecule has 0 amide bonds. The third kappa shape index (κ3) is 4.46. The molecule has 0 heterocycles. The molecule has 2 aliphatic rings. The Morgan fingerprint density at radius 2 is 1.68 bits per heavy atom. The predicted octanol–water partition coefficient (Wildman–Crippen LogP) is 3.79. The quantitative estimate of drug-likeness (QED) is 0.787. The molecule has 0 aromatic heterocycles. The maximum absolute atomic E-state index is 6.38. The molecule has 0 bridgehead atoms. The zero-order valence-corrected chi connectivity index (χ0v) is 13.3. The van der Waals surface area contributed by atoms with Gasteiger partial charge in [0.1, 0.15) is 0 Å². The molecule has 0 aromatic carbocycles. The second-order valence-electron chi connectivity index (χ2n) is 7.92. The van der Waals surface area contributed by atoms with E-state index in [1.165, 1.54) is 64.3 Å². The van der Waals surface area contributed by atoms with Crippen LogP contribution in [0.3, 0.4) is 0 Å². The average Bonchev–Trinajstić information content (AvgIpc) is 2.62. The van der Waals surface area contributed by atoms with Crippen molar-refractivity contribution in [2.75, 3.05) is 13.6 Å². The minimum absolute atomic E-state index is 0.432. The Labute approximate surface area is 120 Å². The fraction of sp³-hybridized carbons (Fsp3) is 1.00. The summed E-state index contributed by atoms with van der Waals surface area (Å²) < 4.78 is 0. The lowest BCUT2D eigenvalue weighted by Gasteiger charge is -2.42. The second-order valence-corrected chi connectivity index (χ2v) is 7.92. The van der Waals surface area contributed by atoms with Crippen molar-refractivity contribution in [3.05, 3.63) is 0 Å². The smallest absolute Gasteiger partial charge is 0.00923 e. The molecule has 0 spiro atoms. The first kappa shape index (κ1) is 15.3. The zero-order chi connectivity index (χ0) is 13.9. The first-order chi connectivity index (χ1) is 8.98. The number of hydrogen-bond acceptors (Lipinski definition) is 2. The van der Waals surface area contributed by atoms with Gasteiger partial charge < -0.3 is 10.6 Å². The van der Waals surface area contributed by atoms with Crippen LogP contribution < -0.4 is 5.73 Å². The van der Waals surface area contributed by atoms with Crippen molar-refractivity contribution >= 4 is 0 Å². The SMILES string of the molecule is CN(CC1CC(C)(C)CCC1N)C1CCCCCC1. The van der Waals surface area contributed by atoms with Gasteiger partial charge in [0.25, 0.3) is 0 Å². The van der Waals surface area contributed by atoms with Gasteiger partial charge in [-0.05, 0) is 50.5 Å². The van der Waals surface area contributed by atoms with E-state index >= 15 is 0 Å². The lowest BCUT2D eigenvalue weighted by molar-refractivity contribution is 0.103. The molecular formula is C17H34N2. The van der Waals surface area contributed by atoms with Gasteiger partial charge in [0.15, 0.2) is 0 Å². The molecule has 2 heteroatoms. The molecule has 19 heavy (non-hydrogen) atoms. The minimum atomic E-state index is 0.432. The summed E-state index contributed by atoms with van der Waals surface area (Å²) in [6, 6.07) is 1.25. The topological polar surface area (TPSA) is 29.3 Å². The number of hydrogen-bond donors (Lipinski definition) is 1. The molecule has 2 aliphatic carbocycles. The van der Waals surface area contributed by atoms with E-state index in [2.05, 4.69) is 25.8 Å². The van der Waals surface area contributed by atoms with E-state index in [0.29, 0.717) is 17.4 Å². The van der Waals surface area contributed by atoms with E-state index in [-0.39, 0.29) is 0 Å². The Balaban J connectivity index is 1.87. The van der Waals surface area contributed by atoms with Gasteiger partial charge in [0, 0.05) is 18.6 Å². The fourth-order valence-electron chi connectivity index (χ4n) is 4.17. The molecule has 2 fully saturated rings. The van der Waals surface area contributed by atoms with Crippen LogP contribution >= 0.6 is 0 Å². The average molecular weight is 266 g/mol. The highest BCUT2D eigenvalue weighted by atomic mass is 15.1. The number of rotatable bonds is 3. The summed E-state index contributed by atoms with van der Waals surface area (Å²) in [5.74, 6) is 0.706. The van der Waals surface area contributed by atoms with Crippen molar-refractivity contribution in [2.45, 2.75) is 83.7 Å². The van der Waals surface area contributed by atoms with Gasteiger partial charge in [0.2, 0.25) is 0 Å². The highest BCUT2D eigenvalue weighted by molar-refractivity contribution is 4.89. The van der Waals surface area contributed by atoms with Crippen LogP contribution in [-0.4, -0.2) is 30.6 Å². The van der Waals surface area contributed by atoms with E-state index in [0.717, 1.165) is 6.04 Å². The van der Waals surface area contributed by atoms with Gasteiger partial charge in [0.05, 0.1) is 0 Å². The summed E-state index contributed by atoms with van der Waals surface area (Å²) in [6.45, 7) is 6.05. The summed E-state index contributed by atoms with van der Waals surface area (Å²) in [5.41, 5.74) is 6.89. The molecule has 2 nitrogen and oxygen atoms in total. The minimum Gasteiger partial charge on any atom is -0.327 e. The van der Waals surface area contributed by atoms with Gasteiger partial charge >= 0.3 is 0 Å². The van der Waals surface area contributed by atoms with E-state index in [9.17, 15) is 0 Å². The van der Waals surface area contributed by atoms with E-state index in [1.54, 1.807) is 0 Å². The van der Waals surface area contributed by atoms with Crippen molar-refractivity contribution in [3.8, 4) is 0 Å². The molecule has 0 aliphatic heterocycles. The predicted molar refractivity (Wildman–Crippen MR) is 83.2 cm³/mol. The van der Waals surface area contributed by atoms with Crippen molar-refractivity contribution in [1.82, 2.24) is 4.90 Å². The van der Waals surface area contributed by atoms with Crippen LogP contribution in [0.25, 0.3) is 0 Å². The highest BCUT2D eigenvalue weighted by Crippen LogP contribution is 2.38. The third-order valence-electron chi connectivity index (χ3n) is 5.55. The van der Waals surface area contributed by atoms with Crippen LogP contribution in [0.4, 0.5) is 0 Å². The maximum atomic E-state index is 6.38. The highest BCUT2D eigenvalue weighted by Gasteiger charge is 2.34. The molecule has 2 N–H and O–H groups in total. The van der Waals surface area contributed by atoms with Crippen LogP contribution in [0.1, 0.15) is 71.6 Å².